The summed E-state index contributed by atoms with van der Waals surface area (Å²) in [7, 11) is 0. The van der Waals surface area contributed by atoms with Crippen molar-refractivity contribution in [2.45, 2.75) is 65.9 Å². The van der Waals surface area contributed by atoms with E-state index in [1.54, 1.807) is 17.0 Å². The number of halogens is 1. The lowest BCUT2D eigenvalue weighted by atomic mass is 9.70. The number of benzene rings is 2. The number of nitriles is 1. The highest BCUT2D eigenvalue weighted by atomic mass is 79.9. The van der Waals surface area contributed by atoms with Crippen LogP contribution in [0.15, 0.2) is 57.1 Å². The Labute approximate surface area is 262 Å². The van der Waals surface area contributed by atoms with Gasteiger partial charge in [0.2, 0.25) is 0 Å². The standard InChI is InChI=1S/C34H40BrN3O5/c1-5-9-22-15-28-32(29(40)16-22)31(26(19-36)21(4)37-28)25-17-27(35)33(30(18-25)42-7-3)43-20-23-10-8-11-24(14-23)34(41)38(6-2)12-13-39/h8,10-11,14,17-18,22,26,31,39H,5-7,9,12-13,15-16,20H2,1-4H3. The molecule has 1 amide bonds. The van der Waals surface area contributed by atoms with Gasteiger partial charge < -0.3 is 19.5 Å². The number of carbonyl (C=O) groups excluding carboxylic acids is 2. The van der Waals surface area contributed by atoms with Crippen molar-refractivity contribution in [3.63, 3.8) is 0 Å². The number of hydrogen-bond donors (Lipinski definition) is 1. The number of amides is 1. The van der Waals surface area contributed by atoms with Crippen molar-refractivity contribution in [1.29, 1.82) is 5.26 Å². The first-order valence-corrected chi connectivity index (χ1v) is 15.8. The zero-order valence-electron chi connectivity index (χ0n) is 25.4. The summed E-state index contributed by atoms with van der Waals surface area (Å²) in [5, 5.41) is 19.5. The third-order valence-electron chi connectivity index (χ3n) is 8.10. The summed E-state index contributed by atoms with van der Waals surface area (Å²) in [6, 6.07) is 13.4. The fraction of sp³-hybridized carbons (Fsp3) is 0.471. The topological polar surface area (TPSA) is 112 Å². The molecule has 3 atom stereocenters. The largest absolute Gasteiger partial charge is 0.490 e. The van der Waals surface area contributed by atoms with Crippen LogP contribution in [0.3, 0.4) is 0 Å². The number of Topliss-reactive ketones (excluding diaryl/α,β-unsaturated/α-hetero) is 1. The summed E-state index contributed by atoms with van der Waals surface area (Å²) in [6.07, 6.45) is 3.22. The van der Waals surface area contributed by atoms with E-state index in [2.05, 4.69) is 28.9 Å². The molecule has 1 N–H and O–H groups in total. The number of rotatable bonds is 12. The quantitative estimate of drug-likeness (QED) is 0.277. The van der Waals surface area contributed by atoms with Crippen LogP contribution in [0, 0.1) is 23.2 Å². The van der Waals surface area contributed by atoms with E-state index in [0.717, 1.165) is 41.8 Å². The van der Waals surface area contributed by atoms with Crippen LogP contribution in [-0.4, -0.2) is 53.7 Å². The van der Waals surface area contributed by atoms with Crippen molar-refractivity contribution in [1.82, 2.24) is 4.90 Å². The number of allylic oxidation sites excluding steroid dienone is 2. The van der Waals surface area contributed by atoms with Crippen LogP contribution in [0.25, 0.3) is 0 Å². The summed E-state index contributed by atoms with van der Waals surface area (Å²) in [4.78, 5) is 32.8. The zero-order valence-corrected chi connectivity index (χ0v) is 26.9. The van der Waals surface area contributed by atoms with Gasteiger partial charge in [-0.25, -0.2) is 0 Å². The van der Waals surface area contributed by atoms with Crippen LogP contribution in [0.1, 0.15) is 80.8 Å². The van der Waals surface area contributed by atoms with E-state index in [9.17, 15) is 20.0 Å². The summed E-state index contributed by atoms with van der Waals surface area (Å²) < 4.78 is 12.9. The normalized spacial score (nSPS) is 19.8. The molecule has 0 spiro atoms. The molecule has 43 heavy (non-hydrogen) atoms. The maximum absolute atomic E-state index is 13.5. The van der Waals surface area contributed by atoms with Crippen LogP contribution in [0.5, 0.6) is 11.5 Å². The van der Waals surface area contributed by atoms with Gasteiger partial charge in [-0.15, -0.1) is 0 Å². The van der Waals surface area contributed by atoms with E-state index in [1.165, 1.54) is 0 Å². The molecule has 228 valence electrons. The molecule has 9 heteroatoms. The summed E-state index contributed by atoms with van der Waals surface area (Å²) >= 11 is 3.68. The lowest BCUT2D eigenvalue weighted by Gasteiger charge is -2.35. The fourth-order valence-corrected chi connectivity index (χ4v) is 6.68. The van der Waals surface area contributed by atoms with E-state index in [4.69, 9.17) is 14.5 Å². The zero-order chi connectivity index (χ0) is 31.1. The molecule has 1 heterocycles. The van der Waals surface area contributed by atoms with Crippen molar-refractivity contribution in [3.05, 3.63) is 68.8 Å². The number of hydrogen-bond acceptors (Lipinski definition) is 7. The van der Waals surface area contributed by atoms with E-state index >= 15 is 0 Å². The molecule has 8 nitrogen and oxygen atoms in total. The predicted molar refractivity (Wildman–Crippen MR) is 169 cm³/mol. The lowest BCUT2D eigenvalue weighted by molar-refractivity contribution is -0.117. The Balaban J connectivity index is 1.65. The van der Waals surface area contributed by atoms with E-state index in [1.807, 2.05) is 45.0 Å². The highest BCUT2D eigenvalue weighted by Crippen LogP contribution is 2.48. The van der Waals surface area contributed by atoms with Crippen molar-refractivity contribution in [2.75, 3.05) is 26.3 Å². The molecule has 3 unspecified atom stereocenters. The molecule has 0 saturated heterocycles. The molecule has 0 radical (unpaired) electrons. The molecular weight excluding hydrogens is 610 g/mol. The molecule has 0 fully saturated rings. The van der Waals surface area contributed by atoms with Crippen molar-refractivity contribution in [2.24, 2.45) is 16.8 Å². The Morgan fingerprint density at radius 2 is 1.98 bits per heavy atom. The second-order valence-electron chi connectivity index (χ2n) is 11.0. The average Bonchev–Trinajstić information content (AvgIpc) is 2.98. The monoisotopic (exact) mass is 649 g/mol. The molecule has 2 aromatic rings. The highest BCUT2D eigenvalue weighted by molar-refractivity contribution is 9.10. The maximum Gasteiger partial charge on any atom is 0.253 e. The smallest absolute Gasteiger partial charge is 0.253 e. The third-order valence-corrected chi connectivity index (χ3v) is 8.68. The number of aliphatic imine (C=N–C) groups is 1. The summed E-state index contributed by atoms with van der Waals surface area (Å²) in [5.74, 6) is 0.203. The molecule has 1 aliphatic carbocycles. The van der Waals surface area contributed by atoms with Gasteiger partial charge in [0.1, 0.15) is 6.61 Å². The molecule has 0 bridgehead atoms. The first-order chi connectivity index (χ1) is 20.8. The summed E-state index contributed by atoms with van der Waals surface area (Å²) in [6.45, 7) is 9.03. The van der Waals surface area contributed by atoms with Gasteiger partial charge in [-0.2, -0.15) is 5.26 Å². The second kappa shape index (κ2) is 14.8. The number of ketones is 1. The van der Waals surface area contributed by atoms with Crippen molar-refractivity contribution >= 4 is 33.3 Å². The molecule has 2 aromatic carbocycles. The minimum Gasteiger partial charge on any atom is -0.490 e. The number of nitrogens with zero attached hydrogens (tertiary/aromatic N) is 3. The molecule has 4 rings (SSSR count). The van der Waals surface area contributed by atoms with E-state index < -0.39 is 11.8 Å². The Hall–Kier alpha value is -3.48. The van der Waals surface area contributed by atoms with Crippen LogP contribution >= 0.6 is 15.9 Å². The third kappa shape index (κ3) is 7.19. The lowest BCUT2D eigenvalue weighted by Crippen LogP contribution is -2.33. The number of carbonyl (C=O) groups is 2. The van der Waals surface area contributed by atoms with Gasteiger partial charge >= 0.3 is 0 Å². The number of likely N-dealkylation sites (N-methyl/N-ethyl adjacent to an activating group) is 1. The van der Waals surface area contributed by atoms with Gasteiger partial charge in [-0.1, -0.05) is 25.5 Å². The SMILES string of the molecule is CCCC1CC(=O)C2=C(C1)N=C(C)C(C#N)C2c1cc(Br)c(OCc2cccc(C(=O)N(CC)CCO)c2)c(OCC)c1. The van der Waals surface area contributed by atoms with Gasteiger partial charge in [-0.3, -0.25) is 14.6 Å². The van der Waals surface area contributed by atoms with Crippen LogP contribution < -0.4 is 9.47 Å². The highest BCUT2D eigenvalue weighted by Gasteiger charge is 2.41. The van der Waals surface area contributed by atoms with Gasteiger partial charge in [-0.05, 0) is 90.9 Å². The van der Waals surface area contributed by atoms with Gasteiger partial charge in [0.05, 0.1) is 29.7 Å². The van der Waals surface area contributed by atoms with Crippen LogP contribution in [-0.2, 0) is 11.4 Å². The van der Waals surface area contributed by atoms with Gasteiger partial charge in [0.25, 0.3) is 5.91 Å². The average molecular weight is 651 g/mol. The Morgan fingerprint density at radius 1 is 1.19 bits per heavy atom. The Bertz CT molecular complexity index is 1460. The molecular formula is C34H40BrN3O5. The fourth-order valence-electron chi connectivity index (χ4n) is 6.10. The minimum atomic E-state index is -0.563. The first kappa shape index (κ1) is 32.4. The molecule has 0 saturated carbocycles. The number of aliphatic hydroxyl groups is 1. The molecule has 1 aliphatic heterocycles. The molecule has 0 aromatic heterocycles. The van der Waals surface area contributed by atoms with Crippen LogP contribution in [0.2, 0.25) is 0 Å². The Kier molecular flexibility index (Phi) is 11.2. The number of ether oxygens (including phenoxy) is 2. The maximum atomic E-state index is 13.5. The molecule has 2 aliphatic rings. The van der Waals surface area contributed by atoms with E-state index in [-0.39, 0.29) is 37.4 Å². The second-order valence-corrected chi connectivity index (χ2v) is 11.9. The first-order valence-electron chi connectivity index (χ1n) is 15.0. The summed E-state index contributed by atoms with van der Waals surface area (Å²) in [5.41, 5.74) is 4.31. The van der Waals surface area contributed by atoms with Crippen LogP contribution in [0.4, 0.5) is 0 Å². The number of aliphatic hydroxyl groups excluding tert-OH is 1. The predicted octanol–water partition coefficient (Wildman–Crippen LogP) is 6.61. The van der Waals surface area contributed by atoms with Crippen molar-refractivity contribution < 1.29 is 24.2 Å². The van der Waals surface area contributed by atoms with Gasteiger partial charge in [0.15, 0.2) is 17.3 Å². The Morgan fingerprint density at radius 3 is 2.65 bits per heavy atom. The van der Waals surface area contributed by atoms with Gasteiger partial charge in [0, 0.05) is 48.0 Å². The van der Waals surface area contributed by atoms with E-state index in [0.29, 0.717) is 46.7 Å². The van der Waals surface area contributed by atoms with Crippen molar-refractivity contribution in [3.8, 4) is 17.6 Å². The minimum absolute atomic E-state index is 0.0747.